The molecule has 0 radical (unpaired) electrons. The van der Waals surface area contributed by atoms with Gasteiger partial charge in [0, 0.05) is 24.3 Å². The largest absolute Gasteiger partial charge is 0.371 e. The Kier molecular flexibility index (Phi) is 2.56. The van der Waals surface area contributed by atoms with Crippen LogP contribution in [0, 0.1) is 0 Å². The topological polar surface area (TPSA) is 20.3 Å². The van der Waals surface area contributed by atoms with Crippen molar-refractivity contribution in [3.05, 3.63) is 42.0 Å². The maximum Gasteiger partial charge on any atom is 0.152 e. The molecule has 0 aliphatic carbocycles. The van der Waals surface area contributed by atoms with Crippen LogP contribution in [0.5, 0.6) is 0 Å². The summed E-state index contributed by atoms with van der Waals surface area (Å²) in [7, 11) is 0. The van der Waals surface area contributed by atoms with Gasteiger partial charge in [-0.15, -0.1) is 0 Å². The molecule has 2 nitrogen and oxygen atoms in total. The van der Waals surface area contributed by atoms with Crippen LogP contribution in [0.15, 0.2) is 36.4 Å². The molecule has 0 bridgehead atoms. The van der Waals surface area contributed by atoms with E-state index < -0.39 is 0 Å². The summed E-state index contributed by atoms with van der Waals surface area (Å²) in [5.41, 5.74) is 1.93. The zero-order chi connectivity index (χ0) is 11.7. The fourth-order valence-corrected chi connectivity index (χ4v) is 2.64. The van der Waals surface area contributed by atoms with Crippen molar-refractivity contribution in [1.29, 1.82) is 0 Å². The van der Waals surface area contributed by atoms with Crippen molar-refractivity contribution in [2.75, 3.05) is 18.0 Å². The maximum absolute atomic E-state index is 11.4. The number of rotatable bonds is 2. The normalized spacial score (nSPS) is 15.4. The minimum absolute atomic E-state index is 0.838. The number of carbonyl (C=O) groups excluding carboxylic acids is 1. The summed E-state index contributed by atoms with van der Waals surface area (Å²) in [6, 6.07) is 12.3. The van der Waals surface area contributed by atoms with Crippen LogP contribution in [0.3, 0.4) is 0 Å². The lowest BCUT2D eigenvalue weighted by Crippen LogP contribution is -2.19. The Bertz CT molecular complexity index is 556. The molecule has 0 amide bonds. The van der Waals surface area contributed by atoms with Gasteiger partial charge < -0.3 is 4.90 Å². The lowest BCUT2D eigenvalue weighted by Gasteiger charge is -2.20. The molecule has 1 saturated heterocycles. The summed E-state index contributed by atoms with van der Waals surface area (Å²) in [6.45, 7) is 2.14. The van der Waals surface area contributed by atoms with E-state index in [0.717, 1.165) is 41.4 Å². The smallest absolute Gasteiger partial charge is 0.152 e. The summed E-state index contributed by atoms with van der Waals surface area (Å²) in [5, 5.41) is 2.20. The molecule has 2 heteroatoms. The number of fused-ring (bicyclic) bond motifs is 1. The second kappa shape index (κ2) is 4.21. The van der Waals surface area contributed by atoms with Crippen LogP contribution in [-0.4, -0.2) is 19.4 Å². The molecule has 0 saturated carbocycles. The van der Waals surface area contributed by atoms with Gasteiger partial charge in [0.2, 0.25) is 0 Å². The van der Waals surface area contributed by atoms with E-state index in [1.54, 1.807) is 0 Å². The van der Waals surface area contributed by atoms with E-state index >= 15 is 0 Å². The Hall–Kier alpha value is -1.83. The molecule has 1 aliphatic heterocycles. The second-order valence-electron chi connectivity index (χ2n) is 4.53. The molecule has 0 atom stereocenters. The van der Waals surface area contributed by atoms with Crippen molar-refractivity contribution in [2.45, 2.75) is 12.8 Å². The average molecular weight is 225 g/mol. The van der Waals surface area contributed by atoms with Crippen LogP contribution in [0.1, 0.15) is 23.2 Å². The third kappa shape index (κ3) is 1.70. The Balaban J connectivity index is 2.21. The second-order valence-corrected chi connectivity index (χ2v) is 4.53. The maximum atomic E-state index is 11.4. The highest BCUT2D eigenvalue weighted by Gasteiger charge is 2.16. The Morgan fingerprint density at radius 2 is 1.76 bits per heavy atom. The first kappa shape index (κ1) is 10.3. The van der Waals surface area contributed by atoms with Crippen LogP contribution in [0.2, 0.25) is 0 Å². The molecular formula is C15H15NO. The summed E-state index contributed by atoms with van der Waals surface area (Å²) in [4.78, 5) is 13.7. The van der Waals surface area contributed by atoms with Gasteiger partial charge in [0.1, 0.15) is 0 Å². The molecule has 1 fully saturated rings. The van der Waals surface area contributed by atoms with Crippen LogP contribution in [-0.2, 0) is 0 Å². The quantitative estimate of drug-likeness (QED) is 0.731. The van der Waals surface area contributed by atoms with Gasteiger partial charge in [0.15, 0.2) is 6.29 Å². The van der Waals surface area contributed by atoms with E-state index in [9.17, 15) is 4.79 Å². The number of aldehydes is 1. The Morgan fingerprint density at radius 1 is 1.00 bits per heavy atom. The summed E-state index contributed by atoms with van der Waals surface area (Å²) in [6.07, 6.45) is 3.45. The molecule has 2 aromatic carbocycles. The van der Waals surface area contributed by atoms with Gasteiger partial charge in [-0.05, 0) is 29.7 Å². The molecule has 2 aromatic rings. The van der Waals surface area contributed by atoms with Gasteiger partial charge in [-0.3, -0.25) is 4.79 Å². The van der Waals surface area contributed by atoms with E-state index in [-0.39, 0.29) is 0 Å². The van der Waals surface area contributed by atoms with Crippen LogP contribution >= 0.6 is 0 Å². The van der Waals surface area contributed by atoms with Gasteiger partial charge in [0.25, 0.3) is 0 Å². The molecule has 1 heterocycles. The van der Waals surface area contributed by atoms with Gasteiger partial charge in [-0.1, -0.05) is 30.3 Å². The molecular weight excluding hydrogens is 210 g/mol. The van der Waals surface area contributed by atoms with E-state index in [2.05, 4.69) is 23.1 Å². The first-order chi connectivity index (χ1) is 8.40. The average Bonchev–Trinajstić information content (AvgIpc) is 2.91. The highest BCUT2D eigenvalue weighted by molar-refractivity contribution is 6.03. The minimum atomic E-state index is 0.838. The standard InChI is InChI=1S/C15H15NO/c17-11-14-13-6-2-1-5-12(13)7-8-15(14)16-9-3-4-10-16/h1-2,5-8,11H,3-4,9-10H2. The summed E-state index contributed by atoms with van der Waals surface area (Å²) in [5.74, 6) is 0. The van der Waals surface area contributed by atoms with E-state index in [1.165, 1.54) is 12.8 Å². The SMILES string of the molecule is O=Cc1c(N2CCCC2)ccc2ccccc12. The third-order valence-electron chi connectivity index (χ3n) is 3.51. The predicted molar refractivity (Wildman–Crippen MR) is 70.8 cm³/mol. The first-order valence-corrected chi connectivity index (χ1v) is 6.12. The summed E-state index contributed by atoms with van der Waals surface area (Å²) >= 11 is 0. The van der Waals surface area contributed by atoms with Crippen molar-refractivity contribution < 1.29 is 4.79 Å². The molecule has 3 rings (SSSR count). The van der Waals surface area contributed by atoms with E-state index in [1.807, 2.05) is 18.2 Å². The lowest BCUT2D eigenvalue weighted by molar-refractivity contribution is 0.112. The lowest BCUT2D eigenvalue weighted by atomic mass is 10.0. The number of nitrogens with zero attached hydrogens (tertiary/aromatic N) is 1. The van der Waals surface area contributed by atoms with Crippen molar-refractivity contribution >= 4 is 22.7 Å². The minimum Gasteiger partial charge on any atom is -0.371 e. The fourth-order valence-electron chi connectivity index (χ4n) is 2.64. The number of hydrogen-bond acceptors (Lipinski definition) is 2. The highest BCUT2D eigenvalue weighted by atomic mass is 16.1. The monoisotopic (exact) mass is 225 g/mol. The number of carbonyl (C=O) groups is 1. The van der Waals surface area contributed by atoms with Crippen molar-refractivity contribution in [3.63, 3.8) is 0 Å². The van der Waals surface area contributed by atoms with Crippen LogP contribution in [0.4, 0.5) is 5.69 Å². The van der Waals surface area contributed by atoms with Crippen LogP contribution in [0.25, 0.3) is 10.8 Å². The predicted octanol–water partition coefficient (Wildman–Crippen LogP) is 3.25. The third-order valence-corrected chi connectivity index (χ3v) is 3.51. The highest BCUT2D eigenvalue weighted by Crippen LogP contribution is 2.29. The van der Waals surface area contributed by atoms with Crippen molar-refractivity contribution in [2.24, 2.45) is 0 Å². The molecule has 17 heavy (non-hydrogen) atoms. The zero-order valence-electron chi connectivity index (χ0n) is 9.73. The zero-order valence-corrected chi connectivity index (χ0v) is 9.73. The molecule has 0 aromatic heterocycles. The Morgan fingerprint density at radius 3 is 2.53 bits per heavy atom. The summed E-state index contributed by atoms with van der Waals surface area (Å²) < 4.78 is 0. The number of anilines is 1. The first-order valence-electron chi connectivity index (χ1n) is 6.12. The van der Waals surface area contributed by atoms with E-state index in [4.69, 9.17) is 0 Å². The molecule has 0 unspecified atom stereocenters. The van der Waals surface area contributed by atoms with E-state index in [0.29, 0.717) is 0 Å². The number of hydrogen-bond donors (Lipinski definition) is 0. The molecule has 0 N–H and O–H groups in total. The number of benzene rings is 2. The molecule has 86 valence electrons. The van der Waals surface area contributed by atoms with Gasteiger partial charge in [0.05, 0.1) is 0 Å². The fraction of sp³-hybridized carbons (Fsp3) is 0.267. The van der Waals surface area contributed by atoms with Crippen molar-refractivity contribution in [3.8, 4) is 0 Å². The Labute approximate surface area is 101 Å². The van der Waals surface area contributed by atoms with Gasteiger partial charge >= 0.3 is 0 Å². The van der Waals surface area contributed by atoms with Crippen molar-refractivity contribution in [1.82, 2.24) is 0 Å². The van der Waals surface area contributed by atoms with Gasteiger partial charge in [-0.25, -0.2) is 0 Å². The van der Waals surface area contributed by atoms with Gasteiger partial charge in [-0.2, -0.15) is 0 Å². The molecule has 0 spiro atoms. The van der Waals surface area contributed by atoms with Crippen LogP contribution < -0.4 is 4.90 Å². The molecule has 1 aliphatic rings.